The molecule has 0 atom stereocenters. The molecule has 0 N–H and O–H groups in total. The maximum atomic E-state index is 5.35. The molecule has 0 saturated heterocycles. The molecule has 0 spiro atoms. The third kappa shape index (κ3) is 4.96. The average Bonchev–Trinajstić information content (AvgIpc) is 3.65. The van der Waals surface area contributed by atoms with E-state index in [-0.39, 0.29) is 5.41 Å². The summed E-state index contributed by atoms with van der Waals surface area (Å²) < 4.78 is 2.30. The minimum atomic E-state index is -0.0506. The van der Waals surface area contributed by atoms with Crippen molar-refractivity contribution in [3.05, 3.63) is 175 Å². The van der Waals surface area contributed by atoms with Crippen LogP contribution in [-0.2, 0) is 5.41 Å². The fourth-order valence-electron chi connectivity index (χ4n) is 8.13. The Morgan fingerprint density at radius 1 is 0.442 bits per heavy atom. The van der Waals surface area contributed by atoms with E-state index < -0.39 is 0 Å². The third-order valence-electron chi connectivity index (χ3n) is 10.6. The standard InChI is InChI=1S/C47H33N3.C2H6/c1-47(2)40-23-12-11-20-36(40)38-27-34(24-25-41(38)47)35-21-13-22-37-39-26-32-18-9-10-19-33(32)28-44(39)50(45(35)37)46-48-42(30-14-5-3-6-15-30)29-43(49-46)31-16-7-4-8-17-31;1-2/h3-29H,1-2H3;1-2H3. The van der Waals surface area contributed by atoms with Crippen LogP contribution in [0.4, 0.5) is 0 Å². The monoisotopic (exact) mass is 669 g/mol. The fourth-order valence-corrected chi connectivity index (χ4v) is 8.13. The van der Waals surface area contributed by atoms with Gasteiger partial charge >= 0.3 is 0 Å². The summed E-state index contributed by atoms with van der Waals surface area (Å²) in [5, 5.41) is 4.76. The number of benzene rings is 7. The van der Waals surface area contributed by atoms with E-state index in [1.165, 1.54) is 49.4 Å². The van der Waals surface area contributed by atoms with Crippen molar-refractivity contribution in [2.45, 2.75) is 33.1 Å². The summed E-state index contributed by atoms with van der Waals surface area (Å²) >= 11 is 0. The Hall–Kier alpha value is -6.32. The first kappa shape index (κ1) is 31.6. The fraction of sp³-hybridized carbons (Fsp3) is 0.102. The van der Waals surface area contributed by atoms with Gasteiger partial charge in [-0.3, -0.25) is 4.57 Å². The highest BCUT2D eigenvalue weighted by Crippen LogP contribution is 2.50. The van der Waals surface area contributed by atoms with Crippen LogP contribution in [0.25, 0.3) is 83.3 Å². The summed E-state index contributed by atoms with van der Waals surface area (Å²) in [6.45, 7) is 8.67. The topological polar surface area (TPSA) is 30.7 Å². The normalized spacial score (nSPS) is 12.8. The van der Waals surface area contributed by atoms with Crippen LogP contribution in [0.15, 0.2) is 164 Å². The number of aromatic nitrogens is 3. The van der Waals surface area contributed by atoms with E-state index in [1.807, 2.05) is 26.0 Å². The van der Waals surface area contributed by atoms with Crippen molar-refractivity contribution in [2.75, 3.05) is 0 Å². The lowest BCUT2D eigenvalue weighted by molar-refractivity contribution is 0.660. The second kappa shape index (κ2) is 12.5. The van der Waals surface area contributed by atoms with Gasteiger partial charge in [0.25, 0.3) is 0 Å². The highest BCUT2D eigenvalue weighted by atomic mass is 15.2. The zero-order valence-electron chi connectivity index (χ0n) is 29.9. The Morgan fingerprint density at radius 3 is 1.71 bits per heavy atom. The first-order valence-corrected chi connectivity index (χ1v) is 18.3. The minimum absolute atomic E-state index is 0.0506. The van der Waals surface area contributed by atoms with Gasteiger partial charge in [0.1, 0.15) is 0 Å². The van der Waals surface area contributed by atoms with E-state index in [4.69, 9.17) is 9.97 Å². The van der Waals surface area contributed by atoms with E-state index >= 15 is 0 Å². The Morgan fingerprint density at radius 2 is 1.02 bits per heavy atom. The number of nitrogens with zero attached hydrogens (tertiary/aromatic N) is 3. The van der Waals surface area contributed by atoms with Crippen molar-refractivity contribution >= 4 is 32.6 Å². The molecule has 0 aliphatic heterocycles. The molecule has 0 bridgehead atoms. The Balaban J connectivity index is 0.00000177. The molecular weight excluding hydrogens is 631 g/mol. The minimum Gasteiger partial charge on any atom is -0.277 e. The first-order valence-electron chi connectivity index (χ1n) is 18.3. The summed E-state index contributed by atoms with van der Waals surface area (Å²) in [6.07, 6.45) is 0. The molecule has 2 aromatic heterocycles. The van der Waals surface area contributed by atoms with Crippen LogP contribution in [-0.4, -0.2) is 14.5 Å². The van der Waals surface area contributed by atoms with Gasteiger partial charge in [-0.05, 0) is 62.9 Å². The molecule has 0 radical (unpaired) electrons. The number of fused-ring (bicyclic) bond motifs is 7. The van der Waals surface area contributed by atoms with Crippen LogP contribution in [0.2, 0.25) is 0 Å². The maximum absolute atomic E-state index is 5.35. The van der Waals surface area contributed by atoms with Gasteiger partial charge in [-0.25, -0.2) is 9.97 Å². The van der Waals surface area contributed by atoms with Gasteiger partial charge in [0, 0.05) is 32.9 Å². The van der Waals surface area contributed by atoms with Crippen LogP contribution < -0.4 is 0 Å². The van der Waals surface area contributed by atoms with Crippen molar-refractivity contribution in [1.82, 2.24) is 14.5 Å². The largest absolute Gasteiger partial charge is 0.277 e. The molecular formula is C49H39N3. The average molecular weight is 670 g/mol. The van der Waals surface area contributed by atoms with Crippen molar-refractivity contribution in [2.24, 2.45) is 0 Å². The molecule has 0 amide bonds. The molecule has 3 nitrogen and oxygen atoms in total. The van der Waals surface area contributed by atoms with E-state index in [2.05, 4.69) is 170 Å². The summed E-state index contributed by atoms with van der Waals surface area (Å²) in [4.78, 5) is 10.7. The second-order valence-corrected chi connectivity index (χ2v) is 13.9. The van der Waals surface area contributed by atoms with Crippen LogP contribution in [0.5, 0.6) is 0 Å². The smallest absolute Gasteiger partial charge is 0.235 e. The molecule has 1 aliphatic rings. The lowest BCUT2D eigenvalue weighted by atomic mass is 9.82. The Kier molecular flexibility index (Phi) is 7.59. The lowest BCUT2D eigenvalue weighted by Crippen LogP contribution is -2.14. The molecule has 7 aromatic carbocycles. The molecule has 10 rings (SSSR count). The SMILES string of the molecule is CC.CC1(C)c2ccccc2-c2cc(-c3cccc4c5cc6ccccc6cc5n(-c5nc(-c6ccccc6)cc(-c6ccccc6)n5)c34)ccc21. The zero-order chi connectivity index (χ0) is 35.4. The van der Waals surface area contributed by atoms with E-state index in [0.717, 1.165) is 39.1 Å². The Bertz CT molecular complexity index is 2720. The molecule has 250 valence electrons. The first-order chi connectivity index (χ1) is 25.5. The van der Waals surface area contributed by atoms with Crippen LogP contribution in [0, 0.1) is 0 Å². The van der Waals surface area contributed by atoms with Crippen molar-refractivity contribution in [3.8, 4) is 50.7 Å². The zero-order valence-corrected chi connectivity index (χ0v) is 29.9. The van der Waals surface area contributed by atoms with Gasteiger partial charge in [0.2, 0.25) is 5.95 Å². The van der Waals surface area contributed by atoms with E-state index in [1.54, 1.807) is 0 Å². The number of rotatable bonds is 4. The number of hydrogen-bond donors (Lipinski definition) is 0. The van der Waals surface area contributed by atoms with Crippen LogP contribution in [0.1, 0.15) is 38.8 Å². The summed E-state index contributed by atoms with van der Waals surface area (Å²) in [5.74, 6) is 0.653. The molecule has 0 saturated carbocycles. The van der Waals surface area contributed by atoms with Crippen LogP contribution >= 0.6 is 0 Å². The Labute approximate surface area is 304 Å². The van der Waals surface area contributed by atoms with Gasteiger partial charge in [-0.15, -0.1) is 0 Å². The maximum Gasteiger partial charge on any atom is 0.235 e. The predicted molar refractivity (Wildman–Crippen MR) is 219 cm³/mol. The molecule has 3 heteroatoms. The van der Waals surface area contributed by atoms with E-state index in [0.29, 0.717) is 5.95 Å². The highest BCUT2D eigenvalue weighted by Gasteiger charge is 2.35. The van der Waals surface area contributed by atoms with Gasteiger partial charge in [0.05, 0.1) is 22.4 Å². The number of hydrogen-bond acceptors (Lipinski definition) is 2. The lowest BCUT2D eigenvalue weighted by Gasteiger charge is -2.21. The van der Waals surface area contributed by atoms with Crippen molar-refractivity contribution in [3.63, 3.8) is 0 Å². The third-order valence-corrected chi connectivity index (χ3v) is 10.6. The highest BCUT2D eigenvalue weighted by molar-refractivity contribution is 6.17. The van der Waals surface area contributed by atoms with Crippen molar-refractivity contribution in [1.29, 1.82) is 0 Å². The predicted octanol–water partition coefficient (Wildman–Crippen LogP) is 13.1. The van der Waals surface area contributed by atoms with Gasteiger partial charge in [-0.1, -0.05) is 167 Å². The summed E-state index contributed by atoms with van der Waals surface area (Å²) in [6, 6.07) is 58.8. The quantitative estimate of drug-likeness (QED) is 0.187. The van der Waals surface area contributed by atoms with Gasteiger partial charge in [-0.2, -0.15) is 0 Å². The van der Waals surface area contributed by atoms with Crippen LogP contribution in [0.3, 0.4) is 0 Å². The molecule has 0 fully saturated rings. The van der Waals surface area contributed by atoms with Crippen molar-refractivity contribution < 1.29 is 0 Å². The number of para-hydroxylation sites is 1. The summed E-state index contributed by atoms with van der Waals surface area (Å²) in [7, 11) is 0. The second-order valence-electron chi connectivity index (χ2n) is 13.9. The molecule has 52 heavy (non-hydrogen) atoms. The molecule has 0 unspecified atom stereocenters. The molecule has 1 aliphatic carbocycles. The molecule has 2 heterocycles. The van der Waals surface area contributed by atoms with Gasteiger partial charge < -0.3 is 0 Å². The molecule has 9 aromatic rings. The van der Waals surface area contributed by atoms with E-state index in [9.17, 15) is 0 Å². The summed E-state index contributed by atoms with van der Waals surface area (Å²) in [5.41, 5.74) is 13.7. The van der Waals surface area contributed by atoms with Gasteiger partial charge in [0.15, 0.2) is 0 Å².